The van der Waals surface area contributed by atoms with Crippen LogP contribution in [0.2, 0.25) is 0 Å². The SMILES string of the molecule is O=C(O)C1CCN(CC(=O)N2CCCCCCC2)C1. The minimum absolute atomic E-state index is 0.174. The van der Waals surface area contributed by atoms with Gasteiger partial charge in [-0.2, -0.15) is 0 Å². The fraction of sp³-hybridized carbons (Fsp3) is 0.857. The second-order valence-corrected chi connectivity index (χ2v) is 5.71. The van der Waals surface area contributed by atoms with Crippen molar-refractivity contribution in [2.75, 3.05) is 32.7 Å². The van der Waals surface area contributed by atoms with Gasteiger partial charge in [-0.3, -0.25) is 14.5 Å². The van der Waals surface area contributed by atoms with Crippen LogP contribution in [0.25, 0.3) is 0 Å². The quantitative estimate of drug-likeness (QED) is 0.835. The van der Waals surface area contributed by atoms with Crippen molar-refractivity contribution < 1.29 is 14.7 Å². The minimum atomic E-state index is -0.735. The lowest BCUT2D eigenvalue weighted by Gasteiger charge is -2.27. The van der Waals surface area contributed by atoms with E-state index in [9.17, 15) is 9.59 Å². The third-order valence-corrected chi connectivity index (χ3v) is 4.19. The number of rotatable bonds is 3. The predicted octanol–water partition coefficient (Wildman–Crippen LogP) is 1.19. The van der Waals surface area contributed by atoms with E-state index < -0.39 is 5.97 Å². The van der Waals surface area contributed by atoms with Gasteiger partial charge in [0.1, 0.15) is 0 Å². The van der Waals surface area contributed by atoms with Crippen LogP contribution in [-0.2, 0) is 9.59 Å². The summed E-state index contributed by atoms with van der Waals surface area (Å²) in [6, 6.07) is 0. The summed E-state index contributed by atoms with van der Waals surface area (Å²) in [4.78, 5) is 27.1. The van der Waals surface area contributed by atoms with Gasteiger partial charge in [-0.1, -0.05) is 19.3 Å². The molecular formula is C14H24N2O3. The first-order chi connectivity index (χ1) is 9.16. The van der Waals surface area contributed by atoms with Gasteiger partial charge in [-0.15, -0.1) is 0 Å². The number of hydrogen-bond donors (Lipinski definition) is 1. The van der Waals surface area contributed by atoms with E-state index in [1.807, 2.05) is 9.80 Å². The molecule has 0 aliphatic carbocycles. The number of carboxylic acids is 1. The van der Waals surface area contributed by atoms with Crippen molar-refractivity contribution in [1.29, 1.82) is 0 Å². The summed E-state index contributed by atoms with van der Waals surface area (Å²) in [5, 5.41) is 8.96. The topological polar surface area (TPSA) is 60.9 Å². The Bertz CT molecular complexity index is 325. The highest BCUT2D eigenvalue weighted by Gasteiger charge is 2.29. The molecule has 2 aliphatic heterocycles. The number of carbonyl (C=O) groups excluding carboxylic acids is 1. The molecule has 1 amide bonds. The molecule has 108 valence electrons. The number of amides is 1. The van der Waals surface area contributed by atoms with Gasteiger partial charge in [-0.25, -0.2) is 0 Å². The zero-order chi connectivity index (χ0) is 13.7. The van der Waals surface area contributed by atoms with E-state index in [2.05, 4.69) is 0 Å². The van der Waals surface area contributed by atoms with E-state index >= 15 is 0 Å². The molecule has 0 radical (unpaired) electrons. The molecule has 1 N–H and O–H groups in total. The van der Waals surface area contributed by atoms with Crippen molar-refractivity contribution in [3.05, 3.63) is 0 Å². The molecule has 2 rings (SSSR count). The Hall–Kier alpha value is -1.10. The Balaban J connectivity index is 1.78. The summed E-state index contributed by atoms with van der Waals surface area (Å²) in [6.07, 6.45) is 6.59. The van der Waals surface area contributed by atoms with Crippen molar-refractivity contribution >= 4 is 11.9 Å². The second-order valence-electron chi connectivity index (χ2n) is 5.71. The lowest BCUT2D eigenvalue weighted by atomic mass is 10.1. The van der Waals surface area contributed by atoms with Gasteiger partial charge in [0.05, 0.1) is 12.5 Å². The van der Waals surface area contributed by atoms with Crippen LogP contribution in [0.4, 0.5) is 0 Å². The van der Waals surface area contributed by atoms with Crippen LogP contribution in [-0.4, -0.2) is 59.5 Å². The number of likely N-dealkylation sites (tertiary alicyclic amines) is 2. The number of carboxylic acid groups (broad SMARTS) is 1. The summed E-state index contributed by atoms with van der Waals surface area (Å²) in [5.74, 6) is -0.853. The maximum Gasteiger partial charge on any atom is 0.307 e. The Morgan fingerprint density at radius 1 is 1.00 bits per heavy atom. The number of hydrogen-bond acceptors (Lipinski definition) is 3. The molecule has 5 heteroatoms. The molecule has 2 aliphatic rings. The van der Waals surface area contributed by atoms with Crippen LogP contribution >= 0.6 is 0 Å². The van der Waals surface area contributed by atoms with Crippen molar-refractivity contribution in [2.45, 2.75) is 38.5 Å². The lowest BCUT2D eigenvalue weighted by Crippen LogP contribution is -2.41. The molecular weight excluding hydrogens is 244 g/mol. The highest BCUT2D eigenvalue weighted by Crippen LogP contribution is 2.17. The molecule has 2 saturated heterocycles. The van der Waals surface area contributed by atoms with E-state index in [-0.39, 0.29) is 11.8 Å². The molecule has 5 nitrogen and oxygen atoms in total. The zero-order valence-corrected chi connectivity index (χ0v) is 11.5. The molecule has 19 heavy (non-hydrogen) atoms. The van der Waals surface area contributed by atoms with Gasteiger partial charge in [0.2, 0.25) is 5.91 Å². The van der Waals surface area contributed by atoms with Crippen molar-refractivity contribution in [1.82, 2.24) is 9.80 Å². The number of carbonyl (C=O) groups is 2. The Morgan fingerprint density at radius 2 is 1.63 bits per heavy atom. The molecule has 0 spiro atoms. The maximum atomic E-state index is 12.2. The van der Waals surface area contributed by atoms with Gasteiger partial charge in [0, 0.05) is 19.6 Å². The number of nitrogens with zero attached hydrogens (tertiary/aromatic N) is 2. The lowest BCUT2D eigenvalue weighted by molar-refractivity contribution is -0.141. The fourth-order valence-corrected chi connectivity index (χ4v) is 2.97. The van der Waals surface area contributed by atoms with Crippen molar-refractivity contribution in [3.8, 4) is 0 Å². The smallest absolute Gasteiger partial charge is 0.307 e. The van der Waals surface area contributed by atoms with Crippen LogP contribution in [0.15, 0.2) is 0 Å². The molecule has 2 fully saturated rings. The summed E-state index contributed by atoms with van der Waals surface area (Å²) in [7, 11) is 0. The first-order valence-electron chi connectivity index (χ1n) is 7.40. The van der Waals surface area contributed by atoms with Crippen LogP contribution in [0, 0.1) is 5.92 Å². The van der Waals surface area contributed by atoms with Gasteiger partial charge in [0.25, 0.3) is 0 Å². The van der Waals surface area contributed by atoms with E-state index in [0.29, 0.717) is 19.5 Å². The molecule has 1 atom stereocenters. The van der Waals surface area contributed by atoms with E-state index in [0.717, 1.165) is 32.5 Å². The standard InChI is InChI=1S/C14H24N2O3/c17-13(16-7-4-2-1-3-5-8-16)11-15-9-6-12(10-15)14(18)19/h12H,1-11H2,(H,18,19). The Kier molecular flexibility index (Phi) is 5.19. The van der Waals surface area contributed by atoms with Gasteiger partial charge in [-0.05, 0) is 25.8 Å². The Morgan fingerprint density at radius 3 is 2.21 bits per heavy atom. The maximum absolute atomic E-state index is 12.2. The first-order valence-corrected chi connectivity index (χ1v) is 7.40. The van der Waals surface area contributed by atoms with Crippen LogP contribution in [0.5, 0.6) is 0 Å². The summed E-state index contributed by atoms with van der Waals surface area (Å²) < 4.78 is 0. The minimum Gasteiger partial charge on any atom is -0.481 e. The summed E-state index contributed by atoms with van der Waals surface area (Å²) in [6.45, 7) is 3.39. The molecule has 0 aromatic heterocycles. The van der Waals surface area contributed by atoms with Crippen LogP contribution < -0.4 is 0 Å². The summed E-state index contributed by atoms with van der Waals surface area (Å²) in [5.41, 5.74) is 0. The predicted molar refractivity (Wildman–Crippen MR) is 71.8 cm³/mol. The van der Waals surface area contributed by atoms with Crippen molar-refractivity contribution in [2.24, 2.45) is 5.92 Å². The normalized spacial score (nSPS) is 25.9. The molecule has 0 saturated carbocycles. The molecule has 2 heterocycles. The third kappa shape index (κ3) is 4.20. The van der Waals surface area contributed by atoms with Gasteiger partial charge in [0.15, 0.2) is 0 Å². The Labute approximate surface area is 114 Å². The fourth-order valence-electron chi connectivity index (χ4n) is 2.97. The molecule has 0 bridgehead atoms. The first kappa shape index (κ1) is 14.3. The summed E-state index contributed by atoms with van der Waals surface area (Å²) >= 11 is 0. The van der Waals surface area contributed by atoms with Gasteiger partial charge < -0.3 is 10.0 Å². The van der Waals surface area contributed by atoms with Crippen molar-refractivity contribution in [3.63, 3.8) is 0 Å². The zero-order valence-electron chi connectivity index (χ0n) is 11.5. The van der Waals surface area contributed by atoms with E-state index in [4.69, 9.17) is 5.11 Å². The average molecular weight is 268 g/mol. The van der Waals surface area contributed by atoms with Crippen LogP contribution in [0.1, 0.15) is 38.5 Å². The van der Waals surface area contributed by atoms with E-state index in [1.165, 1.54) is 19.3 Å². The largest absolute Gasteiger partial charge is 0.481 e. The highest BCUT2D eigenvalue weighted by molar-refractivity contribution is 5.78. The molecule has 1 unspecified atom stereocenters. The molecule has 0 aromatic rings. The average Bonchev–Trinajstić information content (AvgIpc) is 2.76. The second kappa shape index (κ2) is 6.89. The number of aliphatic carboxylic acids is 1. The van der Waals surface area contributed by atoms with Crippen LogP contribution in [0.3, 0.4) is 0 Å². The third-order valence-electron chi connectivity index (χ3n) is 4.19. The monoisotopic (exact) mass is 268 g/mol. The molecule has 0 aromatic carbocycles. The highest BCUT2D eigenvalue weighted by atomic mass is 16.4. The van der Waals surface area contributed by atoms with E-state index in [1.54, 1.807) is 0 Å². The van der Waals surface area contributed by atoms with Gasteiger partial charge >= 0.3 is 5.97 Å².